The van der Waals surface area contributed by atoms with Crippen molar-refractivity contribution in [3.63, 3.8) is 0 Å². The highest BCUT2D eigenvalue weighted by Gasteiger charge is 2.43. The molecule has 2 aliphatic heterocycles. The van der Waals surface area contributed by atoms with Crippen molar-refractivity contribution < 1.29 is 9.59 Å². The Kier molecular flexibility index (Phi) is 5.85. The lowest BCUT2D eigenvalue weighted by Gasteiger charge is -2.40. The molecule has 4 rings (SSSR count). The number of carbonyl (C=O) groups excluding carboxylic acids is 2. The summed E-state index contributed by atoms with van der Waals surface area (Å²) in [5.41, 5.74) is 3.18. The number of nitrogens with zero attached hydrogens (tertiary/aromatic N) is 6. The number of hydrogen-bond acceptors (Lipinski definition) is 5. The molecule has 2 aromatic heterocycles. The summed E-state index contributed by atoms with van der Waals surface area (Å²) < 4.78 is 1.95. The Morgan fingerprint density at radius 3 is 2.77 bits per heavy atom. The van der Waals surface area contributed by atoms with E-state index in [9.17, 15) is 9.59 Å². The van der Waals surface area contributed by atoms with Gasteiger partial charge in [-0.15, -0.1) is 0 Å². The number of likely N-dealkylation sites (N-methyl/N-ethyl adjacent to an activating group) is 1. The summed E-state index contributed by atoms with van der Waals surface area (Å²) >= 11 is 0. The second-order valence-electron chi connectivity index (χ2n) is 8.35. The molecule has 0 aliphatic carbocycles. The van der Waals surface area contributed by atoms with Crippen LogP contribution in [0.2, 0.25) is 0 Å². The molecule has 2 amide bonds. The van der Waals surface area contributed by atoms with Crippen LogP contribution in [0.3, 0.4) is 0 Å². The molecule has 2 fully saturated rings. The van der Waals surface area contributed by atoms with Crippen molar-refractivity contribution in [2.45, 2.75) is 45.9 Å². The van der Waals surface area contributed by atoms with Crippen molar-refractivity contribution in [3.8, 4) is 0 Å². The minimum Gasteiger partial charge on any atom is -0.340 e. The zero-order valence-electron chi connectivity index (χ0n) is 18.0. The molecule has 4 heterocycles. The largest absolute Gasteiger partial charge is 0.340 e. The van der Waals surface area contributed by atoms with Crippen LogP contribution in [0.5, 0.6) is 0 Å². The molecular weight excluding hydrogens is 380 g/mol. The third-order valence-corrected chi connectivity index (χ3v) is 6.37. The first-order chi connectivity index (χ1) is 14.5. The molecule has 0 saturated carbocycles. The molecule has 160 valence electrons. The number of hydrogen-bond donors (Lipinski definition) is 0. The average molecular weight is 411 g/mol. The molecule has 0 radical (unpaired) electrons. The molecule has 2 aliphatic rings. The monoisotopic (exact) mass is 410 g/mol. The lowest BCUT2D eigenvalue weighted by Crippen LogP contribution is -2.53. The average Bonchev–Trinajstić information content (AvgIpc) is 3.08. The quantitative estimate of drug-likeness (QED) is 0.743. The van der Waals surface area contributed by atoms with E-state index in [-0.39, 0.29) is 30.3 Å². The lowest BCUT2D eigenvalue weighted by atomic mass is 9.90. The Morgan fingerprint density at radius 1 is 1.23 bits per heavy atom. The first kappa shape index (κ1) is 20.5. The summed E-state index contributed by atoms with van der Waals surface area (Å²) in [6.45, 7) is 7.80. The summed E-state index contributed by atoms with van der Waals surface area (Å²) in [6, 6.07) is 3.76. The van der Waals surface area contributed by atoms with Crippen molar-refractivity contribution in [1.82, 2.24) is 29.5 Å². The first-order valence-electron chi connectivity index (χ1n) is 10.6. The molecule has 8 heteroatoms. The van der Waals surface area contributed by atoms with Crippen LogP contribution in [0.1, 0.15) is 30.2 Å². The van der Waals surface area contributed by atoms with Crippen LogP contribution in [0.15, 0.2) is 30.7 Å². The Hall–Kier alpha value is -2.74. The van der Waals surface area contributed by atoms with Gasteiger partial charge in [0.05, 0.1) is 11.6 Å². The molecule has 8 nitrogen and oxygen atoms in total. The first-order valence-corrected chi connectivity index (χ1v) is 10.6. The van der Waals surface area contributed by atoms with Gasteiger partial charge in [-0.1, -0.05) is 6.07 Å². The lowest BCUT2D eigenvalue weighted by molar-refractivity contribution is -0.138. The predicted octanol–water partition coefficient (Wildman–Crippen LogP) is 1.30. The van der Waals surface area contributed by atoms with Gasteiger partial charge in [0.2, 0.25) is 11.8 Å². The number of aromatic nitrogens is 3. The third-order valence-electron chi connectivity index (χ3n) is 6.37. The molecule has 2 saturated heterocycles. The minimum absolute atomic E-state index is 0.00765. The topological polar surface area (TPSA) is 74.6 Å². The highest BCUT2D eigenvalue weighted by molar-refractivity contribution is 5.89. The highest BCUT2D eigenvalue weighted by Crippen LogP contribution is 2.28. The number of piperidine rings is 1. The van der Waals surface area contributed by atoms with Gasteiger partial charge in [-0.3, -0.25) is 24.2 Å². The molecule has 0 spiro atoms. The molecule has 0 aromatic carbocycles. The fraction of sp³-hybridized carbons (Fsp3) is 0.545. The Labute approximate surface area is 177 Å². The number of likely N-dealkylation sites (tertiary alicyclic amines) is 1. The van der Waals surface area contributed by atoms with Gasteiger partial charge >= 0.3 is 0 Å². The minimum atomic E-state index is -0.214. The number of aryl methyl sites for hydroxylation is 2. The van der Waals surface area contributed by atoms with Crippen LogP contribution in [-0.4, -0.2) is 74.0 Å². The van der Waals surface area contributed by atoms with E-state index >= 15 is 0 Å². The molecular formula is C22H30N6O2. The number of amides is 2. The van der Waals surface area contributed by atoms with Crippen LogP contribution in [-0.2, 0) is 29.2 Å². The van der Waals surface area contributed by atoms with E-state index in [1.165, 1.54) is 5.56 Å². The summed E-state index contributed by atoms with van der Waals surface area (Å²) in [5, 5.41) is 4.54. The van der Waals surface area contributed by atoms with E-state index in [4.69, 9.17) is 0 Å². The standard InChI is InChI=1S/C22H30N6O2/c1-4-28-13-18(16(2)24-28)12-26-9-7-20-19(14-26)22(30)27(15-21(29)25(20)3)11-17-6-5-8-23-10-17/h5-6,8,10,13,19-20H,4,7,9,11-12,14-15H2,1-3H3/t19-,20+/m0/s1. The highest BCUT2D eigenvalue weighted by atomic mass is 16.2. The maximum Gasteiger partial charge on any atom is 0.242 e. The molecule has 0 bridgehead atoms. The Balaban J connectivity index is 1.52. The van der Waals surface area contributed by atoms with Crippen LogP contribution in [0.4, 0.5) is 0 Å². The summed E-state index contributed by atoms with van der Waals surface area (Å²) in [6.07, 6.45) is 6.37. The normalized spacial score (nSPS) is 22.9. The molecule has 30 heavy (non-hydrogen) atoms. The van der Waals surface area contributed by atoms with Crippen LogP contribution >= 0.6 is 0 Å². The van der Waals surface area contributed by atoms with Crippen molar-refractivity contribution in [1.29, 1.82) is 0 Å². The summed E-state index contributed by atoms with van der Waals surface area (Å²) in [4.78, 5) is 36.2. The van der Waals surface area contributed by atoms with Gasteiger partial charge in [0.1, 0.15) is 6.54 Å². The smallest absolute Gasteiger partial charge is 0.242 e. The Bertz CT molecular complexity index is 912. The van der Waals surface area contributed by atoms with Crippen molar-refractivity contribution in [3.05, 3.63) is 47.5 Å². The fourth-order valence-electron chi connectivity index (χ4n) is 4.59. The van der Waals surface area contributed by atoms with Crippen molar-refractivity contribution >= 4 is 11.8 Å². The fourth-order valence-corrected chi connectivity index (χ4v) is 4.59. The van der Waals surface area contributed by atoms with Gasteiger partial charge < -0.3 is 9.80 Å². The second-order valence-corrected chi connectivity index (χ2v) is 8.35. The van der Waals surface area contributed by atoms with Gasteiger partial charge in [-0.2, -0.15) is 5.10 Å². The number of rotatable bonds is 5. The van der Waals surface area contributed by atoms with E-state index in [1.54, 1.807) is 22.2 Å². The van der Waals surface area contributed by atoms with Crippen molar-refractivity contribution in [2.24, 2.45) is 5.92 Å². The predicted molar refractivity (Wildman–Crippen MR) is 112 cm³/mol. The van der Waals surface area contributed by atoms with Gasteiger partial charge in [-0.25, -0.2) is 0 Å². The number of carbonyl (C=O) groups is 2. The van der Waals surface area contributed by atoms with E-state index in [1.807, 2.05) is 30.8 Å². The second kappa shape index (κ2) is 8.55. The summed E-state index contributed by atoms with van der Waals surface area (Å²) in [5.74, 6) is -0.145. The number of pyridine rings is 1. The van der Waals surface area contributed by atoms with Crippen molar-refractivity contribution in [2.75, 3.05) is 26.7 Å². The number of fused-ring (bicyclic) bond motifs is 1. The maximum atomic E-state index is 13.5. The Morgan fingerprint density at radius 2 is 2.07 bits per heavy atom. The van der Waals surface area contributed by atoms with Gasteiger partial charge in [-0.05, 0) is 31.9 Å². The molecule has 0 N–H and O–H groups in total. The van der Waals surface area contributed by atoms with Crippen LogP contribution in [0, 0.1) is 12.8 Å². The van der Waals surface area contributed by atoms with Gasteiger partial charge in [0, 0.05) is 70.0 Å². The molecule has 2 aromatic rings. The summed E-state index contributed by atoms with van der Waals surface area (Å²) in [7, 11) is 1.84. The van der Waals surface area contributed by atoms with E-state index in [2.05, 4.69) is 28.1 Å². The van der Waals surface area contributed by atoms with E-state index in [0.29, 0.717) is 13.1 Å². The van der Waals surface area contributed by atoms with Gasteiger partial charge in [0.25, 0.3) is 0 Å². The SMILES string of the molecule is CCn1cc(CN2CC[C@@H]3[C@H](C2)C(=O)N(Cc2cccnc2)CC(=O)N3C)c(C)n1. The maximum absolute atomic E-state index is 13.5. The molecule has 2 atom stereocenters. The van der Waals surface area contributed by atoms with Gasteiger partial charge in [0.15, 0.2) is 0 Å². The zero-order chi connectivity index (χ0) is 21.3. The zero-order valence-corrected chi connectivity index (χ0v) is 18.0. The van der Waals surface area contributed by atoms with Crippen LogP contribution in [0.25, 0.3) is 0 Å². The van der Waals surface area contributed by atoms with E-state index in [0.717, 1.165) is 37.3 Å². The van der Waals surface area contributed by atoms with Crippen LogP contribution < -0.4 is 0 Å². The molecule has 0 unspecified atom stereocenters. The van der Waals surface area contributed by atoms with E-state index < -0.39 is 0 Å². The third kappa shape index (κ3) is 4.09.